The summed E-state index contributed by atoms with van der Waals surface area (Å²) in [5.74, 6) is 0.0377. The Morgan fingerprint density at radius 1 is 1.21 bits per heavy atom. The molecule has 2 aliphatic rings. The lowest BCUT2D eigenvalue weighted by atomic mass is 9.81. The first-order valence-corrected chi connectivity index (χ1v) is 9.50. The van der Waals surface area contributed by atoms with Gasteiger partial charge in [0.25, 0.3) is 0 Å². The van der Waals surface area contributed by atoms with Crippen LogP contribution in [-0.4, -0.2) is 82.3 Å². The average Bonchev–Trinajstić information content (AvgIpc) is 3.22. The first-order chi connectivity index (χ1) is 13.6. The Labute approximate surface area is 164 Å². The molecular weight excluding hydrogens is 358 g/mol. The van der Waals surface area contributed by atoms with E-state index in [1.54, 1.807) is 13.3 Å². The second kappa shape index (κ2) is 7.90. The van der Waals surface area contributed by atoms with Crippen LogP contribution in [0.2, 0.25) is 0 Å². The van der Waals surface area contributed by atoms with Crippen LogP contribution >= 0.6 is 0 Å². The van der Waals surface area contributed by atoms with Gasteiger partial charge < -0.3 is 9.84 Å². The van der Waals surface area contributed by atoms with Gasteiger partial charge in [-0.05, 0) is 12.1 Å². The highest BCUT2D eigenvalue weighted by molar-refractivity contribution is 5.77. The van der Waals surface area contributed by atoms with Crippen molar-refractivity contribution in [2.45, 2.75) is 6.54 Å². The predicted octanol–water partition coefficient (Wildman–Crippen LogP) is 1.00. The second-order valence-electron chi connectivity index (χ2n) is 7.69. The molecule has 0 aromatic carbocycles. The van der Waals surface area contributed by atoms with Gasteiger partial charge in [0.2, 0.25) is 0 Å². The molecule has 0 radical (unpaired) electrons. The summed E-state index contributed by atoms with van der Waals surface area (Å²) in [5.41, 5.74) is 1.03. The van der Waals surface area contributed by atoms with E-state index in [1.807, 2.05) is 30.6 Å². The molecule has 2 aromatic rings. The van der Waals surface area contributed by atoms with Crippen molar-refractivity contribution in [2.75, 3.05) is 46.4 Å². The average molecular weight is 383 g/mol. The van der Waals surface area contributed by atoms with Crippen LogP contribution in [0.15, 0.2) is 36.8 Å². The van der Waals surface area contributed by atoms with Crippen molar-refractivity contribution >= 4 is 5.97 Å². The monoisotopic (exact) mass is 383 g/mol. The molecule has 1 N–H and O–H groups in total. The minimum Gasteiger partial charge on any atom is -0.481 e. The number of rotatable bonds is 7. The molecule has 2 aromatic heterocycles. The Morgan fingerprint density at radius 3 is 2.61 bits per heavy atom. The highest BCUT2D eigenvalue weighted by atomic mass is 16.5. The summed E-state index contributed by atoms with van der Waals surface area (Å²) >= 11 is 0. The maximum atomic E-state index is 12.1. The third-order valence-electron chi connectivity index (χ3n) is 5.79. The molecule has 0 bridgehead atoms. The summed E-state index contributed by atoms with van der Waals surface area (Å²) in [5, 5.41) is 9.95. The molecule has 4 heterocycles. The van der Waals surface area contributed by atoms with Gasteiger partial charge in [-0.15, -0.1) is 0 Å². The zero-order valence-corrected chi connectivity index (χ0v) is 16.0. The molecule has 2 aliphatic heterocycles. The van der Waals surface area contributed by atoms with Gasteiger partial charge >= 0.3 is 5.97 Å². The number of aromatic nitrogens is 3. The molecule has 0 spiro atoms. The third kappa shape index (κ3) is 3.63. The molecule has 2 fully saturated rings. The normalized spacial score (nSPS) is 25.1. The number of likely N-dealkylation sites (tertiary alicyclic amines) is 2. The number of ether oxygens (including phenoxy) is 1. The lowest BCUT2D eigenvalue weighted by Crippen LogP contribution is -2.41. The van der Waals surface area contributed by atoms with Crippen molar-refractivity contribution in [1.82, 2.24) is 24.8 Å². The van der Waals surface area contributed by atoms with Gasteiger partial charge in [0.05, 0.1) is 12.0 Å². The third-order valence-corrected chi connectivity index (χ3v) is 5.79. The number of aliphatic carboxylic acids is 1. The van der Waals surface area contributed by atoms with Gasteiger partial charge in [0.1, 0.15) is 5.69 Å². The molecule has 28 heavy (non-hydrogen) atoms. The van der Waals surface area contributed by atoms with Crippen molar-refractivity contribution < 1.29 is 14.6 Å². The van der Waals surface area contributed by atoms with E-state index in [-0.39, 0.29) is 5.92 Å². The molecule has 0 amide bonds. The SMILES string of the molecule is COCCN1C[C@@H]2CN(Cc3cnc(-c4ccccn4)nc3)C[C@]2(C(=O)O)C1. The number of pyridine rings is 1. The molecule has 8 heteroatoms. The Balaban J connectivity index is 1.41. The van der Waals surface area contributed by atoms with Crippen LogP contribution in [0.25, 0.3) is 11.5 Å². The molecule has 0 saturated carbocycles. The largest absolute Gasteiger partial charge is 0.481 e. The van der Waals surface area contributed by atoms with Crippen LogP contribution in [0.4, 0.5) is 0 Å². The van der Waals surface area contributed by atoms with E-state index in [9.17, 15) is 9.90 Å². The first-order valence-electron chi connectivity index (χ1n) is 9.50. The van der Waals surface area contributed by atoms with Crippen LogP contribution in [0.5, 0.6) is 0 Å². The lowest BCUT2D eigenvalue weighted by molar-refractivity contribution is -0.149. The van der Waals surface area contributed by atoms with Crippen LogP contribution in [0, 0.1) is 11.3 Å². The summed E-state index contributed by atoms with van der Waals surface area (Å²) in [6.45, 7) is 4.79. The van der Waals surface area contributed by atoms with Gasteiger partial charge in [-0.2, -0.15) is 0 Å². The second-order valence-corrected chi connectivity index (χ2v) is 7.69. The lowest BCUT2D eigenvalue weighted by Gasteiger charge is -2.25. The number of hydrogen-bond donors (Lipinski definition) is 1. The highest BCUT2D eigenvalue weighted by Gasteiger charge is 2.57. The van der Waals surface area contributed by atoms with Crippen LogP contribution < -0.4 is 0 Å². The molecule has 148 valence electrons. The standard InChI is InChI=1S/C20H25N5O3/c1-28-7-6-24-11-16-12-25(14-20(16,13-24)19(26)27)10-15-8-22-18(23-9-15)17-4-2-3-5-21-17/h2-5,8-9,16H,6-7,10-14H2,1H3,(H,26,27)/t16-,20-/m1/s1. The molecule has 2 atom stereocenters. The van der Waals surface area contributed by atoms with E-state index < -0.39 is 11.4 Å². The van der Waals surface area contributed by atoms with Crippen LogP contribution in [0.1, 0.15) is 5.56 Å². The van der Waals surface area contributed by atoms with Crippen molar-refractivity contribution in [3.8, 4) is 11.5 Å². The van der Waals surface area contributed by atoms with E-state index in [2.05, 4.69) is 24.8 Å². The van der Waals surface area contributed by atoms with Crippen LogP contribution in [0.3, 0.4) is 0 Å². The number of fused-ring (bicyclic) bond motifs is 1. The molecule has 0 aliphatic carbocycles. The zero-order valence-electron chi connectivity index (χ0n) is 16.0. The summed E-state index contributed by atoms with van der Waals surface area (Å²) in [4.78, 5) is 29.6. The minimum absolute atomic E-state index is 0.135. The summed E-state index contributed by atoms with van der Waals surface area (Å²) in [6.07, 6.45) is 5.34. The number of carboxylic acid groups (broad SMARTS) is 1. The van der Waals surface area contributed by atoms with Gasteiger partial charge in [-0.1, -0.05) is 6.07 Å². The predicted molar refractivity (Wildman–Crippen MR) is 102 cm³/mol. The molecule has 4 rings (SSSR count). The number of hydrogen-bond acceptors (Lipinski definition) is 7. The van der Waals surface area contributed by atoms with Gasteiger partial charge in [0.15, 0.2) is 5.82 Å². The Morgan fingerprint density at radius 2 is 1.96 bits per heavy atom. The molecule has 2 saturated heterocycles. The fraction of sp³-hybridized carbons (Fsp3) is 0.500. The minimum atomic E-state index is -0.693. The summed E-state index contributed by atoms with van der Waals surface area (Å²) in [6, 6.07) is 5.64. The fourth-order valence-corrected chi connectivity index (χ4v) is 4.41. The van der Waals surface area contributed by atoms with Crippen molar-refractivity contribution in [3.63, 3.8) is 0 Å². The van der Waals surface area contributed by atoms with E-state index in [0.717, 1.165) is 30.9 Å². The summed E-state index contributed by atoms with van der Waals surface area (Å²) in [7, 11) is 1.67. The summed E-state index contributed by atoms with van der Waals surface area (Å²) < 4.78 is 5.14. The molecule has 0 unspecified atom stereocenters. The maximum Gasteiger partial charge on any atom is 0.312 e. The molecular formula is C20H25N5O3. The fourth-order valence-electron chi connectivity index (χ4n) is 4.41. The topological polar surface area (TPSA) is 91.7 Å². The van der Waals surface area contributed by atoms with Crippen LogP contribution in [-0.2, 0) is 16.1 Å². The first kappa shape index (κ1) is 18.9. The Kier molecular flexibility index (Phi) is 5.34. The van der Waals surface area contributed by atoms with Crippen molar-refractivity contribution in [3.05, 3.63) is 42.4 Å². The van der Waals surface area contributed by atoms with E-state index in [1.165, 1.54) is 0 Å². The van der Waals surface area contributed by atoms with Crippen molar-refractivity contribution in [2.24, 2.45) is 11.3 Å². The Bertz CT molecular complexity index is 816. The van der Waals surface area contributed by atoms with E-state index in [4.69, 9.17) is 4.74 Å². The maximum absolute atomic E-state index is 12.1. The van der Waals surface area contributed by atoms with Crippen molar-refractivity contribution in [1.29, 1.82) is 0 Å². The number of methoxy groups -OCH3 is 1. The Hall–Kier alpha value is -2.42. The number of nitrogens with zero attached hydrogens (tertiary/aromatic N) is 5. The zero-order chi connectivity index (χ0) is 19.6. The van der Waals surface area contributed by atoms with E-state index in [0.29, 0.717) is 32.1 Å². The number of carboxylic acids is 1. The van der Waals surface area contributed by atoms with Gasteiger partial charge in [-0.3, -0.25) is 19.6 Å². The van der Waals surface area contributed by atoms with E-state index >= 15 is 0 Å². The quantitative estimate of drug-likeness (QED) is 0.757. The highest BCUT2D eigenvalue weighted by Crippen LogP contribution is 2.43. The van der Waals surface area contributed by atoms with Gasteiger partial charge in [0, 0.05) is 76.5 Å². The smallest absolute Gasteiger partial charge is 0.312 e. The number of carbonyl (C=O) groups is 1. The molecule has 8 nitrogen and oxygen atoms in total. The van der Waals surface area contributed by atoms with Gasteiger partial charge in [-0.25, -0.2) is 9.97 Å².